The molecule has 198 valence electrons. The number of nitrogens with zero attached hydrogens (tertiary/aromatic N) is 2. The van der Waals surface area contributed by atoms with Crippen molar-refractivity contribution >= 4 is 29.3 Å². The zero-order valence-corrected chi connectivity index (χ0v) is 22.3. The largest absolute Gasteiger partial charge is 0.466 e. The molecule has 0 atom stereocenters. The van der Waals surface area contributed by atoms with Gasteiger partial charge in [-0.15, -0.1) is 0 Å². The average Bonchev–Trinajstić information content (AvgIpc) is 2.95. The number of hydrogen-bond donors (Lipinski definition) is 0. The van der Waals surface area contributed by atoms with E-state index in [2.05, 4.69) is 0 Å². The maximum atomic E-state index is 14.5. The highest BCUT2D eigenvalue weighted by molar-refractivity contribution is 5.95. The predicted octanol–water partition coefficient (Wildman–Crippen LogP) is 6.86. The highest BCUT2D eigenvalue weighted by Gasteiger charge is 2.27. The third-order valence-electron chi connectivity index (χ3n) is 7.07. The fourth-order valence-corrected chi connectivity index (χ4v) is 4.93. The Labute approximate surface area is 224 Å². The number of carbonyl (C=O) groups excluding carboxylic acids is 2. The molecule has 3 aromatic carbocycles. The summed E-state index contributed by atoms with van der Waals surface area (Å²) in [5.41, 5.74) is 4.86. The lowest BCUT2D eigenvalue weighted by atomic mass is 9.88. The first-order valence-electron chi connectivity index (χ1n) is 13.1. The van der Waals surface area contributed by atoms with Gasteiger partial charge in [0.25, 0.3) is 0 Å². The molecule has 0 N–H and O–H groups in total. The first-order chi connectivity index (χ1) is 18.4. The van der Waals surface area contributed by atoms with Crippen molar-refractivity contribution in [2.45, 2.75) is 38.6 Å². The molecule has 0 saturated heterocycles. The van der Waals surface area contributed by atoms with Gasteiger partial charge >= 0.3 is 5.97 Å². The Morgan fingerprint density at radius 2 is 1.66 bits per heavy atom. The van der Waals surface area contributed by atoms with Gasteiger partial charge in [-0.3, -0.25) is 4.79 Å². The Balaban J connectivity index is 1.60. The van der Waals surface area contributed by atoms with Gasteiger partial charge in [-0.25, -0.2) is 9.18 Å². The van der Waals surface area contributed by atoms with Gasteiger partial charge in [-0.05, 0) is 65.4 Å². The molecule has 1 fully saturated rings. The van der Waals surface area contributed by atoms with Crippen LogP contribution in [0.3, 0.4) is 0 Å². The fourth-order valence-electron chi connectivity index (χ4n) is 4.93. The molecule has 0 aliphatic heterocycles. The number of methoxy groups -OCH3 is 1. The molecule has 6 heteroatoms. The Kier molecular flexibility index (Phi) is 8.95. The van der Waals surface area contributed by atoms with E-state index in [4.69, 9.17) is 4.74 Å². The maximum Gasteiger partial charge on any atom is 0.330 e. The van der Waals surface area contributed by atoms with Crippen molar-refractivity contribution in [2.24, 2.45) is 5.92 Å². The van der Waals surface area contributed by atoms with Gasteiger partial charge in [-0.2, -0.15) is 0 Å². The van der Waals surface area contributed by atoms with Crippen LogP contribution in [0.4, 0.5) is 15.8 Å². The van der Waals surface area contributed by atoms with Crippen LogP contribution in [0.25, 0.3) is 17.2 Å². The second-order valence-corrected chi connectivity index (χ2v) is 9.97. The number of benzene rings is 3. The molecule has 1 aliphatic carbocycles. The number of rotatable bonds is 8. The van der Waals surface area contributed by atoms with Crippen molar-refractivity contribution in [3.05, 3.63) is 89.8 Å². The van der Waals surface area contributed by atoms with Gasteiger partial charge in [-0.1, -0.05) is 61.7 Å². The summed E-state index contributed by atoms with van der Waals surface area (Å²) in [6, 6.07) is 20.8. The van der Waals surface area contributed by atoms with E-state index in [0.29, 0.717) is 12.2 Å². The maximum absolute atomic E-state index is 14.5. The van der Waals surface area contributed by atoms with Crippen molar-refractivity contribution < 1.29 is 18.7 Å². The van der Waals surface area contributed by atoms with Crippen LogP contribution >= 0.6 is 0 Å². The second-order valence-electron chi connectivity index (χ2n) is 9.97. The minimum atomic E-state index is -0.429. The number of ether oxygens (including phenoxy) is 1. The van der Waals surface area contributed by atoms with Crippen LogP contribution in [-0.4, -0.2) is 33.1 Å². The van der Waals surface area contributed by atoms with Gasteiger partial charge < -0.3 is 14.5 Å². The van der Waals surface area contributed by atoms with E-state index in [0.717, 1.165) is 53.6 Å². The minimum Gasteiger partial charge on any atom is -0.466 e. The number of amides is 1. The monoisotopic (exact) mass is 514 g/mol. The molecule has 0 radical (unpaired) electrons. The molecule has 38 heavy (non-hydrogen) atoms. The number of hydrogen-bond acceptors (Lipinski definition) is 4. The van der Waals surface area contributed by atoms with Crippen LogP contribution in [0, 0.1) is 11.7 Å². The Bertz CT molecular complexity index is 1290. The number of esters is 1. The molecule has 0 spiro atoms. The number of halogens is 1. The predicted molar refractivity (Wildman–Crippen MR) is 151 cm³/mol. The Morgan fingerprint density at radius 3 is 2.32 bits per heavy atom. The molecule has 0 aromatic heterocycles. The van der Waals surface area contributed by atoms with E-state index in [1.165, 1.54) is 19.6 Å². The van der Waals surface area contributed by atoms with Crippen molar-refractivity contribution in [2.75, 3.05) is 31.0 Å². The lowest BCUT2D eigenvalue weighted by molar-refractivity contribution is -0.134. The third-order valence-corrected chi connectivity index (χ3v) is 7.07. The summed E-state index contributed by atoms with van der Waals surface area (Å²) in [6.45, 7) is 0.424. The van der Waals surface area contributed by atoms with Crippen LogP contribution < -0.4 is 9.80 Å². The van der Waals surface area contributed by atoms with E-state index >= 15 is 0 Å². The van der Waals surface area contributed by atoms with Crippen LogP contribution in [0.2, 0.25) is 0 Å². The van der Waals surface area contributed by atoms with Crippen LogP contribution in [-0.2, 0) is 20.9 Å². The van der Waals surface area contributed by atoms with E-state index in [1.54, 1.807) is 23.1 Å². The van der Waals surface area contributed by atoms with E-state index in [-0.39, 0.29) is 17.6 Å². The summed E-state index contributed by atoms with van der Waals surface area (Å²) in [7, 11) is 4.98. The first-order valence-corrected chi connectivity index (χ1v) is 13.1. The van der Waals surface area contributed by atoms with Gasteiger partial charge in [0.1, 0.15) is 5.82 Å². The molecular formula is C32H35FN2O3. The van der Waals surface area contributed by atoms with Crippen molar-refractivity contribution in [1.29, 1.82) is 0 Å². The standard InChI is InChI=1S/C32H35FN2O3/c1-34(2)30-18-17-27(21-29(30)33)25-15-12-24(13-16-25)22-35(32(37)26-9-5-4-6-10-26)28-11-7-8-23(20-28)14-19-31(36)38-3/h7-8,11-21,26H,4-6,9-10,22H2,1-3H3/b19-14+. The SMILES string of the molecule is COC(=O)/C=C/c1cccc(N(Cc2ccc(-c3ccc(N(C)C)c(F)c3)cc2)C(=O)C2CCCCC2)c1. The molecule has 1 saturated carbocycles. The number of carbonyl (C=O) groups is 2. The molecule has 5 nitrogen and oxygen atoms in total. The van der Waals surface area contributed by atoms with E-state index in [9.17, 15) is 14.0 Å². The van der Waals surface area contributed by atoms with Gasteiger partial charge in [0.2, 0.25) is 5.91 Å². The minimum absolute atomic E-state index is 0.00970. The van der Waals surface area contributed by atoms with Crippen LogP contribution in [0.5, 0.6) is 0 Å². The van der Waals surface area contributed by atoms with Gasteiger partial charge in [0.05, 0.1) is 19.3 Å². The topological polar surface area (TPSA) is 49.9 Å². The fraction of sp³-hybridized carbons (Fsp3) is 0.312. The highest BCUT2D eigenvalue weighted by Crippen LogP contribution is 2.30. The summed E-state index contributed by atoms with van der Waals surface area (Å²) >= 11 is 0. The van der Waals surface area contributed by atoms with Gasteiger partial charge in [0, 0.05) is 31.8 Å². The lowest BCUT2D eigenvalue weighted by Gasteiger charge is -2.30. The van der Waals surface area contributed by atoms with E-state index < -0.39 is 5.97 Å². The smallest absolute Gasteiger partial charge is 0.330 e. The molecule has 1 amide bonds. The molecule has 4 rings (SSSR count). The summed E-state index contributed by atoms with van der Waals surface area (Å²) < 4.78 is 19.2. The first kappa shape index (κ1) is 27.1. The summed E-state index contributed by atoms with van der Waals surface area (Å²) in [5, 5.41) is 0. The van der Waals surface area contributed by atoms with Crippen LogP contribution in [0.1, 0.15) is 43.2 Å². The lowest BCUT2D eigenvalue weighted by Crippen LogP contribution is -2.36. The second kappa shape index (κ2) is 12.5. The molecule has 3 aromatic rings. The molecule has 0 heterocycles. The zero-order chi connectivity index (χ0) is 27.1. The summed E-state index contributed by atoms with van der Waals surface area (Å²) in [5.74, 6) is -0.552. The normalized spacial score (nSPS) is 13.9. The Morgan fingerprint density at radius 1 is 0.947 bits per heavy atom. The average molecular weight is 515 g/mol. The number of anilines is 2. The summed E-state index contributed by atoms with van der Waals surface area (Å²) in [4.78, 5) is 28.9. The van der Waals surface area contributed by atoms with Crippen molar-refractivity contribution in [3.63, 3.8) is 0 Å². The summed E-state index contributed by atoms with van der Waals surface area (Å²) in [6.07, 6.45) is 8.20. The highest BCUT2D eigenvalue weighted by atomic mass is 19.1. The van der Waals surface area contributed by atoms with Crippen molar-refractivity contribution in [1.82, 2.24) is 0 Å². The quantitative estimate of drug-likeness (QED) is 0.243. The zero-order valence-electron chi connectivity index (χ0n) is 22.3. The third kappa shape index (κ3) is 6.68. The van der Waals surface area contributed by atoms with Crippen LogP contribution in [0.15, 0.2) is 72.8 Å². The Hall–Kier alpha value is -3.93. The van der Waals surface area contributed by atoms with Gasteiger partial charge in [0.15, 0.2) is 0 Å². The molecule has 1 aliphatic rings. The van der Waals surface area contributed by atoms with Crippen molar-refractivity contribution in [3.8, 4) is 11.1 Å². The molecular weight excluding hydrogens is 479 g/mol. The van der Waals surface area contributed by atoms with E-state index in [1.807, 2.05) is 73.6 Å². The molecule has 0 unspecified atom stereocenters. The molecule has 0 bridgehead atoms.